The zero-order valence-corrected chi connectivity index (χ0v) is 16.8. The molecule has 0 saturated heterocycles. The standard InChI is InChI=1S/C30H22/c1-2-9-22(10-3-1)29-20-26-12-6-7-13-27(26)28-17-16-25(19-30(28)29)24-15-14-21-8-4-5-11-23(21)18-24/h1-15,17-20,25H,16H2. The summed E-state index contributed by atoms with van der Waals surface area (Å²) in [5.74, 6) is 0.394. The van der Waals surface area contributed by atoms with E-state index >= 15 is 0 Å². The molecule has 0 amide bonds. The molecule has 0 radical (unpaired) electrons. The van der Waals surface area contributed by atoms with Crippen LogP contribution in [0.5, 0.6) is 0 Å². The maximum absolute atomic E-state index is 2.49. The van der Waals surface area contributed by atoms with E-state index in [4.69, 9.17) is 0 Å². The van der Waals surface area contributed by atoms with Gasteiger partial charge in [-0.3, -0.25) is 0 Å². The molecule has 5 aromatic carbocycles. The third-order valence-electron chi connectivity index (χ3n) is 6.36. The van der Waals surface area contributed by atoms with Crippen LogP contribution in [0.15, 0.2) is 103 Å². The molecule has 5 aromatic rings. The maximum atomic E-state index is 2.49. The van der Waals surface area contributed by atoms with Crippen molar-refractivity contribution in [2.24, 2.45) is 0 Å². The predicted octanol–water partition coefficient (Wildman–Crippen LogP) is 6.41. The lowest BCUT2D eigenvalue weighted by atomic mass is 9.86. The molecule has 1 unspecified atom stereocenters. The Hall–Kier alpha value is -3.64. The Bertz CT molecular complexity index is 1510. The van der Waals surface area contributed by atoms with Gasteiger partial charge in [0.25, 0.3) is 0 Å². The molecule has 0 fully saturated rings. The van der Waals surface area contributed by atoms with Gasteiger partial charge in [0.05, 0.1) is 0 Å². The first-order chi connectivity index (χ1) is 14.9. The molecule has 0 nitrogen and oxygen atoms in total. The molecule has 1 aliphatic carbocycles. The van der Waals surface area contributed by atoms with E-state index in [1.165, 1.54) is 48.7 Å². The Morgan fingerprint density at radius 1 is 0.567 bits per heavy atom. The van der Waals surface area contributed by atoms with Crippen LogP contribution in [-0.4, -0.2) is 0 Å². The Balaban J connectivity index is 1.61. The van der Waals surface area contributed by atoms with Crippen molar-refractivity contribution in [1.82, 2.24) is 0 Å². The predicted molar refractivity (Wildman–Crippen MR) is 129 cm³/mol. The Morgan fingerprint density at radius 3 is 2.17 bits per heavy atom. The fourth-order valence-corrected chi connectivity index (χ4v) is 4.83. The van der Waals surface area contributed by atoms with E-state index in [2.05, 4.69) is 115 Å². The molecular weight excluding hydrogens is 360 g/mol. The lowest BCUT2D eigenvalue weighted by Crippen LogP contribution is -2.31. The summed E-state index contributed by atoms with van der Waals surface area (Å²) in [6.07, 6.45) is 5.98. The van der Waals surface area contributed by atoms with Crippen molar-refractivity contribution in [3.63, 3.8) is 0 Å². The zero-order chi connectivity index (χ0) is 19.9. The molecule has 0 saturated carbocycles. The van der Waals surface area contributed by atoms with E-state index in [1.54, 1.807) is 0 Å². The second-order valence-electron chi connectivity index (χ2n) is 8.16. The fraction of sp³-hybridized carbons (Fsp3) is 0.0667. The number of fused-ring (bicyclic) bond motifs is 4. The van der Waals surface area contributed by atoms with Crippen molar-refractivity contribution >= 4 is 33.7 Å². The molecule has 6 rings (SSSR count). The number of benzene rings is 5. The summed E-state index contributed by atoms with van der Waals surface area (Å²) < 4.78 is 0. The summed E-state index contributed by atoms with van der Waals surface area (Å²) in [5, 5.41) is 8.02. The third kappa shape index (κ3) is 2.84. The minimum atomic E-state index is 0.394. The Kier molecular flexibility index (Phi) is 4.02. The van der Waals surface area contributed by atoms with Crippen LogP contribution >= 0.6 is 0 Å². The first-order valence-corrected chi connectivity index (χ1v) is 10.6. The summed E-state index contributed by atoms with van der Waals surface area (Å²) in [4.78, 5) is 0. The molecule has 0 spiro atoms. The molecule has 0 aromatic heterocycles. The van der Waals surface area contributed by atoms with E-state index in [1.807, 2.05) is 0 Å². The number of hydrogen-bond acceptors (Lipinski definition) is 0. The second kappa shape index (κ2) is 7.00. The van der Waals surface area contributed by atoms with Crippen molar-refractivity contribution in [1.29, 1.82) is 0 Å². The van der Waals surface area contributed by atoms with E-state index in [0.29, 0.717) is 5.92 Å². The lowest BCUT2D eigenvalue weighted by Gasteiger charge is -2.18. The highest BCUT2D eigenvalue weighted by Gasteiger charge is 2.15. The van der Waals surface area contributed by atoms with Gasteiger partial charge in [0, 0.05) is 5.92 Å². The first kappa shape index (κ1) is 17.2. The fourth-order valence-electron chi connectivity index (χ4n) is 4.83. The number of hydrogen-bond donors (Lipinski definition) is 0. The Labute approximate surface area is 176 Å². The quantitative estimate of drug-likeness (QED) is 0.331. The topological polar surface area (TPSA) is 0 Å². The number of rotatable bonds is 2. The van der Waals surface area contributed by atoms with Crippen LogP contribution in [0, 0.1) is 0 Å². The Morgan fingerprint density at radius 2 is 1.30 bits per heavy atom. The average molecular weight is 383 g/mol. The van der Waals surface area contributed by atoms with Crippen LogP contribution in [0.3, 0.4) is 0 Å². The van der Waals surface area contributed by atoms with Gasteiger partial charge in [-0.2, -0.15) is 0 Å². The third-order valence-corrected chi connectivity index (χ3v) is 6.36. The first-order valence-electron chi connectivity index (χ1n) is 10.6. The molecule has 30 heavy (non-hydrogen) atoms. The van der Waals surface area contributed by atoms with Gasteiger partial charge >= 0.3 is 0 Å². The largest absolute Gasteiger partial charge is 0.0751 e. The van der Waals surface area contributed by atoms with Gasteiger partial charge in [0.1, 0.15) is 0 Å². The molecular formula is C30H22. The molecule has 0 heteroatoms. The maximum Gasteiger partial charge on any atom is 0.00624 e. The lowest BCUT2D eigenvalue weighted by molar-refractivity contribution is 0.925. The minimum absolute atomic E-state index is 0.394. The van der Waals surface area contributed by atoms with Gasteiger partial charge in [-0.25, -0.2) is 0 Å². The monoisotopic (exact) mass is 382 g/mol. The summed E-state index contributed by atoms with van der Waals surface area (Å²) in [7, 11) is 0. The van der Waals surface area contributed by atoms with E-state index in [0.717, 1.165) is 6.42 Å². The van der Waals surface area contributed by atoms with Crippen molar-refractivity contribution in [3.05, 3.63) is 119 Å². The van der Waals surface area contributed by atoms with Gasteiger partial charge in [0.15, 0.2) is 0 Å². The van der Waals surface area contributed by atoms with E-state index in [9.17, 15) is 0 Å². The highest BCUT2D eigenvalue weighted by Crippen LogP contribution is 2.28. The molecule has 1 atom stereocenters. The van der Waals surface area contributed by atoms with Crippen LogP contribution < -0.4 is 10.4 Å². The van der Waals surface area contributed by atoms with Crippen molar-refractivity contribution < 1.29 is 0 Å². The SMILES string of the molecule is C1=c2c(-c3ccccc3)cc3ccccc3c2=CCC1c1ccc2ccccc2c1. The van der Waals surface area contributed by atoms with Crippen molar-refractivity contribution in [2.45, 2.75) is 12.3 Å². The van der Waals surface area contributed by atoms with Gasteiger partial charge in [0.2, 0.25) is 0 Å². The van der Waals surface area contributed by atoms with Crippen LogP contribution in [-0.2, 0) is 0 Å². The molecule has 1 aliphatic rings. The van der Waals surface area contributed by atoms with E-state index < -0.39 is 0 Å². The van der Waals surface area contributed by atoms with Gasteiger partial charge in [-0.1, -0.05) is 109 Å². The smallest absolute Gasteiger partial charge is 0.00624 e. The van der Waals surface area contributed by atoms with Crippen LogP contribution in [0.2, 0.25) is 0 Å². The molecule has 0 aliphatic heterocycles. The molecule has 0 bridgehead atoms. The van der Waals surface area contributed by atoms with Crippen molar-refractivity contribution in [3.8, 4) is 11.1 Å². The summed E-state index contributed by atoms with van der Waals surface area (Å²) in [6.45, 7) is 0. The van der Waals surface area contributed by atoms with Crippen LogP contribution in [0.4, 0.5) is 0 Å². The van der Waals surface area contributed by atoms with Crippen LogP contribution in [0.1, 0.15) is 17.9 Å². The van der Waals surface area contributed by atoms with Gasteiger partial charge < -0.3 is 0 Å². The minimum Gasteiger partial charge on any atom is -0.0751 e. The zero-order valence-electron chi connectivity index (χ0n) is 16.8. The normalized spacial score (nSPS) is 15.4. The second-order valence-corrected chi connectivity index (χ2v) is 8.16. The highest BCUT2D eigenvalue weighted by molar-refractivity contribution is 5.90. The molecule has 0 N–H and O–H groups in total. The van der Waals surface area contributed by atoms with Gasteiger partial charge in [-0.05, 0) is 61.2 Å². The molecule has 0 heterocycles. The highest BCUT2D eigenvalue weighted by atomic mass is 14.2. The summed E-state index contributed by atoms with van der Waals surface area (Å²) in [5.41, 5.74) is 4.00. The summed E-state index contributed by atoms with van der Waals surface area (Å²) in [6, 6.07) is 37.4. The average Bonchev–Trinajstić information content (AvgIpc) is 2.83. The van der Waals surface area contributed by atoms with Crippen molar-refractivity contribution in [2.75, 3.05) is 0 Å². The van der Waals surface area contributed by atoms with Crippen LogP contribution in [0.25, 0.3) is 44.8 Å². The van der Waals surface area contributed by atoms with E-state index in [-0.39, 0.29) is 0 Å². The summed E-state index contributed by atoms with van der Waals surface area (Å²) >= 11 is 0. The van der Waals surface area contributed by atoms with Gasteiger partial charge in [-0.15, -0.1) is 0 Å². The molecule has 142 valence electrons.